The van der Waals surface area contributed by atoms with E-state index in [0.29, 0.717) is 0 Å². The third kappa shape index (κ3) is 2.34. The summed E-state index contributed by atoms with van der Waals surface area (Å²) in [6.45, 7) is 1.76. The van der Waals surface area contributed by atoms with Gasteiger partial charge < -0.3 is 10.4 Å². The van der Waals surface area contributed by atoms with Gasteiger partial charge >= 0.3 is 5.97 Å². The molecule has 0 aliphatic rings. The average molecular weight is 246 g/mol. The fourth-order valence-corrected chi connectivity index (χ4v) is 1.39. The summed E-state index contributed by atoms with van der Waals surface area (Å²) in [4.78, 5) is 26.4. The van der Waals surface area contributed by atoms with Crippen molar-refractivity contribution >= 4 is 17.7 Å². The Hall–Kier alpha value is -2.70. The number of aryl methyl sites for hydroxylation is 1. The van der Waals surface area contributed by atoms with Gasteiger partial charge in [0.05, 0.1) is 0 Å². The van der Waals surface area contributed by atoms with Crippen LogP contribution in [0.3, 0.4) is 0 Å². The summed E-state index contributed by atoms with van der Waals surface area (Å²) in [6, 6.07) is 4.72. The van der Waals surface area contributed by atoms with Crippen molar-refractivity contribution in [3.8, 4) is 0 Å². The number of carboxylic acids is 1. The number of pyridine rings is 1. The number of aromatic carboxylic acids is 1. The zero-order chi connectivity index (χ0) is 13.1. The lowest BCUT2D eigenvalue weighted by atomic mass is 10.2. The Balaban J connectivity index is 2.16. The van der Waals surface area contributed by atoms with Crippen LogP contribution in [0.5, 0.6) is 0 Å². The molecule has 7 nitrogen and oxygen atoms in total. The number of carboxylic acid groups (broad SMARTS) is 1. The highest BCUT2D eigenvalue weighted by molar-refractivity contribution is 6.03. The summed E-state index contributed by atoms with van der Waals surface area (Å²) in [5.74, 6) is -1.43. The van der Waals surface area contributed by atoms with Crippen LogP contribution in [-0.4, -0.2) is 32.2 Å². The number of carbonyl (C=O) groups excluding carboxylic acids is 1. The Morgan fingerprint density at radius 1 is 1.44 bits per heavy atom. The molecule has 3 N–H and O–H groups in total. The Morgan fingerprint density at radius 3 is 2.83 bits per heavy atom. The molecule has 2 rings (SSSR count). The fraction of sp³-hybridized carbons (Fsp3) is 0.0909. The molecule has 92 valence electrons. The lowest BCUT2D eigenvalue weighted by molar-refractivity contribution is 0.0690. The summed E-state index contributed by atoms with van der Waals surface area (Å²) in [7, 11) is 0. The molecule has 2 heterocycles. The molecular formula is C11H10N4O3. The van der Waals surface area contributed by atoms with E-state index in [4.69, 9.17) is 5.11 Å². The van der Waals surface area contributed by atoms with E-state index in [1.54, 1.807) is 19.1 Å². The summed E-state index contributed by atoms with van der Waals surface area (Å²) in [5, 5.41) is 17.1. The highest BCUT2D eigenvalue weighted by atomic mass is 16.4. The third-order valence-electron chi connectivity index (χ3n) is 2.27. The van der Waals surface area contributed by atoms with Crippen LogP contribution in [0.25, 0.3) is 0 Å². The number of nitrogens with zero attached hydrogens (tertiary/aromatic N) is 2. The predicted octanol–water partition coefficient (Wildman–Crippen LogP) is 1.06. The predicted molar refractivity (Wildman–Crippen MR) is 62.5 cm³/mol. The maximum absolute atomic E-state index is 11.8. The first-order chi connectivity index (χ1) is 8.58. The van der Waals surface area contributed by atoms with Gasteiger partial charge in [-0.25, -0.2) is 4.79 Å². The standard InChI is InChI=1S/C11H10N4O3/c1-6-3-2-4-12-9(6)10(16)13-8-5-7(11(17)18)14-15-8/h2-5H,1H3,(H,17,18)(H2,13,14,15,16). The molecule has 2 aromatic heterocycles. The van der Waals surface area contributed by atoms with E-state index < -0.39 is 11.9 Å². The number of nitrogens with one attached hydrogen (secondary N) is 2. The van der Waals surface area contributed by atoms with Crippen LogP contribution in [-0.2, 0) is 0 Å². The molecule has 0 aliphatic carbocycles. The molecule has 0 atom stereocenters. The molecule has 0 radical (unpaired) electrons. The first-order valence-electron chi connectivity index (χ1n) is 5.09. The van der Waals surface area contributed by atoms with Gasteiger partial charge in [0.15, 0.2) is 5.82 Å². The quantitative estimate of drug-likeness (QED) is 0.750. The molecule has 0 saturated heterocycles. The molecule has 2 aromatic rings. The molecule has 1 amide bonds. The Morgan fingerprint density at radius 2 is 2.22 bits per heavy atom. The van der Waals surface area contributed by atoms with Crippen molar-refractivity contribution in [2.24, 2.45) is 0 Å². The van der Waals surface area contributed by atoms with Crippen molar-refractivity contribution in [3.05, 3.63) is 41.3 Å². The highest BCUT2D eigenvalue weighted by Crippen LogP contribution is 2.09. The molecule has 18 heavy (non-hydrogen) atoms. The van der Waals surface area contributed by atoms with Crippen molar-refractivity contribution in [2.75, 3.05) is 5.32 Å². The fourth-order valence-electron chi connectivity index (χ4n) is 1.39. The number of rotatable bonds is 3. The van der Waals surface area contributed by atoms with Gasteiger partial charge in [-0.1, -0.05) is 6.07 Å². The number of carbonyl (C=O) groups is 2. The molecule has 0 fully saturated rings. The SMILES string of the molecule is Cc1cccnc1C(=O)Nc1cc(C(=O)O)[nH]n1. The van der Waals surface area contributed by atoms with Crippen LogP contribution in [0.1, 0.15) is 26.5 Å². The van der Waals surface area contributed by atoms with Crippen molar-refractivity contribution < 1.29 is 14.7 Å². The van der Waals surface area contributed by atoms with E-state index in [9.17, 15) is 9.59 Å². The van der Waals surface area contributed by atoms with E-state index in [-0.39, 0.29) is 17.2 Å². The molecule has 0 spiro atoms. The Kier molecular flexibility index (Phi) is 3.05. The second kappa shape index (κ2) is 4.66. The van der Waals surface area contributed by atoms with Gasteiger partial charge in [-0.2, -0.15) is 5.10 Å². The van der Waals surface area contributed by atoms with Gasteiger partial charge in [0, 0.05) is 12.3 Å². The van der Waals surface area contributed by atoms with E-state index in [2.05, 4.69) is 20.5 Å². The van der Waals surface area contributed by atoms with Crippen LogP contribution in [0, 0.1) is 6.92 Å². The monoisotopic (exact) mass is 246 g/mol. The van der Waals surface area contributed by atoms with Gasteiger partial charge in [0.1, 0.15) is 11.4 Å². The maximum Gasteiger partial charge on any atom is 0.353 e. The number of aromatic amines is 1. The van der Waals surface area contributed by atoms with Crippen molar-refractivity contribution in [2.45, 2.75) is 6.92 Å². The van der Waals surface area contributed by atoms with E-state index >= 15 is 0 Å². The Labute approximate surface area is 102 Å². The zero-order valence-corrected chi connectivity index (χ0v) is 9.47. The number of H-pyrrole nitrogens is 1. The van der Waals surface area contributed by atoms with Gasteiger partial charge in [0.25, 0.3) is 5.91 Å². The lowest BCUT2D eigenvalue weighted by Crippen LogP contribution is -2.15. The summed E-state index contributed by atoms with van der Waals surface area (Å²) >= 11 is 0. The molecule has 0 saturated carbocycles. The van der Waals surface area contributed by atoms with Gasteiger partial charge in [0.2, 0.25) is 0 Å². The average Bonchev–Trinajstić information content (AvgIpc) is 2.78. The van der Waals surface area contributed by atoms with Gasteiger partial charge in [-0.15, -0.1) is 0 Å². The highest BCUT2D eigenvalue weighted by Gasteiger charge is 2.13. The number of aromatic nitrogens is 3. The molecular weight excluding hydrogens is 236 g/mol. The number of hydrogen-bond donors (Lipinski definition) is 3. The minimum Gasteiger partial charge on any atom is -0.477 e. The molecule has 0 unspecified atom stereocenters. The smallest absolute Gasteiger partial charge is 0.353 e. The molecule has 7 heteroatoms. The number of hydrogen-bond acceptors (Lipinski definition) is 4. The topological polar surface area (TPSA) is 108 Å². The number of anilines is 1. The van der Waals surface area contributed by atoms with E-state index in [0.717, 1.165) is 5.56 Å². The normalized spacial score (nSPS) is 10.1. The number of amides is 1. The third-order valence-corrected chi connectivity index (χ3v) is 2.27. The lowest BCUT2D eigenvalue weighted by Gasteiger charge is -2.03. The van der Waals surface area contributed by atoms with Crippen LogP contribution in [0.2, 0.25) is 0 Å². The largest absolute Gasteiger partial charge is 0.477 e. The molecule has 0 bridgehead atoms. The zero-order valence-electron chi connectivity index (χ0n) is 9.47. The second-order valence-corrected chi connectivity index (χ2v) is 3.60. The summed E-state index contributed by atoms with van der Waals surface area (Å²) in [5.41, 5.74) is 0.907. The van der Waals surface area contributed by atoms with Gasteiger partial charge in [-0.3, -0.25) is 14.9 Å². The van der Waals surface area contributed by atoms with Crippen molar-refractivity contribution in [3.63, 3.8) is 0 Å². The van der Waals surface area contributed by atoms with Crippen LogP contribution < -0.4 is 5.32 Å². The molecule has 0 aliphatic heterocycles. The minimum atomic E-state index is -1.14. The first kappa shape index (κ1) is 11.8. The van der Waals surface area contributed by atoms with E-state index in [1.807, 2.05) is 0 Å². The van der Waals surface area contributed by atoms with Crippen LogP contribution in [0.15, 0.2) is 24.4 Å². The minimum absolute atomic E-state index is 0.0944. The summed E-state index contributed by atoms with van der Waals surface area (Å²) in [6.07, 6.45) is 1.51. The van der Waals surface area contributed by atoms with Gasteiger partial charge in [-0.05, 0) is 18.6 Å². The van der Waals surface area contributed by atoms with E-state index in [1.165, 1.54) is 12.3 Å². The molecule has 0 aromatic carbocycles. The maximum atomic E-state index is 11.8. The Bertz CT molecular complexity index is 606. The van der Waals surface area contributed by atoms with Crippen LogP contribution in [0.4, 0.5) is 5.82 Å². The van der Waals surface area contributed by atoms with Crippen molar-refractivity contribution in [1.82, 2.24) is 15.2 Å². The summed E-state index contributed by atoms with van der Waals surface area (Å²) < 4.78 is 0. The van der Waals surface area contributed by atoms with Crippen LogP contribution >= 0.6 is 0 Å². The first-order valence-corrected chi connectivity index (χ1v) is 5.09. The second-order valence-electron chi connectivity index (χ2n) is 3.60. The van der Waals surface area contributed by atoms with Crippen molar-refractivity contribution in [1.29, 1.82) is 0 Å².